The first-order chi connectivity index (χ1) is 17.8. The molecule has 0 amide bonds. The average Bonchev–Trinajstić information content (AvgIpc) is 3.32. The van der Waals surface area contributed by atoms with Crippen molar-refractivity contribution in [3.63, 3.8) is 0 Å². The Bertz CT molecular complexity index is 1530. The first kappa shape index (κ1) is 26.3. The number of methoxy groups -OCH3 is 1. The summed E-state index contributed by atoms with van der Waals surface area (Å²) < 4.78 is 40.3. The molecule has 3 aromatic carbocycles. The third kappa shape index (κ3) is 5.35. The Morgan fingerprint density at radius 1 is 0.973 bits per heavy atom. The van der Waals surface area contributed by atoms with E-state index in [1.165, 1.54) is 41.8 Å². The second-order valence-electron chi connectivity index (χ2n) is 7.93. The zero-order chi connectivity index (χ0) is 26.6. The number of thioether (sulfide) groups is 1. The molecule has 8 nitrogen and oxygen atoms in total. The number of ether oxygens (including phenoxy) is 2. The van der Waals surface area contributed by atoms with E-state index in [-0.39, 0.29) is 10.5 Å². The van der Waals surface area contributed by atoms with Crippen molar-refractivity contribution >= 4 is 50.3 Å². The van der Waals surface area contributed by atoms with Gasteiger partial charge >= 0.3 is 5.97 Å². The van der Waals surface area contributed by atoms with Gasteiger partial charge in [0.2, 0.25) is 0 Å². The second kappa shape index (κ2) is 11.1. The van der Waals surface area contributed by atoms with E-state index in [1.807, 2.05) is 13.2 Å². The highest BCUT2D eigenvalue weighted by Crippen LogP contribution is 2.28. The maximum Gasteiger partial charge on any atom is 0.340 e. The fourth-order valence-corrected chi connectivity index (χ4v) is 5.75. The Labute approximate surface area is 219 Å². The van der Waals surface area contributed by atoms with Gasteiger partial charge in [-0.3, -0.25) is 13.7 Å². The lowest BCUT2D eigenvalue weighted by Crippen LogP contribution is -2.37. The predicted molar refractivity (Wildman–Crippen MR) is 144 cm³/mol. The van der Waals surface area contributed by atoms with Gasteiger partial charge < -0.3 is 9.47 Å². The largest absolute Gasteiger partial charge is 0.494 e. The van der Waals surface area contributed by atoms with Crippen molar-refractivity contribution in [1.82, 2.24) is 4.57 Å². The van der Waals surface area contributed by atoms with E-state index in [0.29, 0.717) is 28.9 Å². The predicted octanol–water partition coefficient (Wildman–Crippen LogP) is 5.08. The van der Waals surface area contributed by atoms with Gasteiger partial charge in [-0.2, -0.15) is 0 Å². The molecule has 4 rings (SSSR count). The zero-order valence-corrected chi connectivity index (χ0v) is 22.2. The van der Waals surface area contributed by atoms with Crippen molar-refractivity contribution in [2.75, 3.05) is 30.8 Å². The van der Waals surface area contributed by atoms with Gasteiger partial charge in [0, 0.05) is 16.5 Å². The number of anilines is 1. The molecule has 1 heterocycles. The second-order valence-corrected chi connectivity index (χ2v) is 10.7. The first-order valence-electron chi connectivity index (χ1n) is 11.4. The van der Waals surface area contributed by atoms with Crippen molar-refractivity contribution in [3.8, 4) is 5.75 Å². The molecule has 0 saturated heterocycles. The van der Waals surface area contributed by atoms with E-state index in [4.69, 9.17) is 9.47 Å². The summed E-state index contributed by atoms with van der Waals surface area (Å²) in [7, 11) is -2.85. The molecule has 0 unspecified atom stereocenters. The molecule has 0 radical (unpaired) electrons. The number of aromatic nitrogens is 1. The van der Waals surface area contributed by atoms with Crippen molar-refractivity contribution < 1.29 is 27.5 Å². The molecule has 4 aromatic rings. The van der Waals surface area contributed by atoms with Crippen LogP contribution < -0.4 is 9.04 Å². The number of carbonyl (C=O) groups excluding carboxylic acids is 2. The molecular weight excluding hydrogens is 512 g/mol. The van der Waals surface area contributed by atoms with Gasteiger partial charge in [-0.25, -0.2) is 13.2 Å². The number of rotatable bonds is 9. The first-order valence-corrected chi connectivity index (χ1v) is 14.1. The van der Waals surface area contributed by atoms with Crippen LogP contribution in [0.5, 0.6) is 5.75 Å². The van der Waals surface area contributed by atoms with Crippen LogP contribution >= 0.6 is 11.8 Å². The Morgan fingerprint density at radius 2 is 1.65 bits per heavy atom. The van der Waals surface area contributed by atoms with Crippen molar-refractivity contribution in [2.45, 2.75) is 16.7 Å². The van der Waals surface area contributed by atoms with Crippen LogP contribution in [0.25, 0.3) is 10.9 Å². The number of benzene rings is 3. The fourth-order valence-electron chi connectivity index (χ4n) is 3.92. The molecule has 0 aliphatic heterocycles. The van der Waals surface area contributed by atoms with Gasteiger partial charge in [-0.1, -0.05) is 18.2 Å². The highest BCUT2D eigenvalue weighted by molar-refractivity contribution is 7.98. The lowest BCUT2D eigenvalue weighted by atomic mass is 10.2. The number of hydrogen-bond donors (Lipinski definition) is 0. The molecular formula is C27H26N2O6S2. The van der Waals surface area contributed by atoms with Crippen molar-refractivity contribution in [1.29, 1.82) is 0 Å². The van der Waals surface area contributed by atoms with Crippen LogP contribution in [0.3, 0.4) is 0 Å². The topological polar surface area (TPSA) is 94.9 Å². The quantitative estimate of drug-likeness (QED) is 0.217. The van der Waals surface area contributed by atoms with Crippen LogP contribution in [-0.2, 0) is 14.8 Å². The standard InChI is InChI=1S/C27H26N2O6S2/c1-4-35-20-11-9-19(10-12-20)29(37(32,33)22-15-13-21(36-3)14-16-22)18-26(30)28-17-24(27(31)34-2)23-7-5-6-8-25(23)28/h5-17H,4,18H2,1-3H3. The van der Waals surface area contributed by atoms with Gasteiger partial charge in [0.15, 0.2) is 0 Å². The van der Waals surface area contributed by atoms with Crippen LogP contribution in [-0.4, -0.2) is 51.4 Å². The number of nitrogens with zero attached hydrogens (tertiary/aromatic N) is 2. The van der Waals surface area contributed by atoms with Crippen LogP contribution in [0.2, 0.25) is 0 Å². The Morgan fingerprint density at radius 3 is 2.27 bits per heavy atom. The summed E-state index contributed by atoms with van der Waals surface area (Å²) in [6.45, 7) is 1.82. The maximum atomic E-state index is 13.8. The molecule has 0 aliphatic rings. The van der Waals surface area contributed by atoms with Crippen LogP contribution in [0.1, 0.15) is 22.1 Å². The van der Waals surface area contributed by atoms with Gasteiger partial charge in [0.05, 0.1) is 35.4 Å². The fraction of sp³-hybridized carbons (Fsp3) is 0.185. The van der Waals surface area contributed by atoms with E-state index in [0.717, 1.165) is 9.20 Å². The minimum absolute atomic E-state index is 0.0552. The number of sulfonamides is 1. The lowest BCUT2D eigenvalue weighted by Gasteiger charge is -2.24. The van der Waals surface area contributed by atoms with E-state index < -0.39 is 28.4 Å². The minimum atomic E-state index is -4.12. The van der Waals surface area contributed by atoms with Gasteiger partial charge in [0.25, 0.3) is 15.9 Å². The van der Waals surface area contributed by atoms with E-state index in [2.05, 4.69) is 0 Å². The van der Waals surface area contributed by atoms with E-state index in [1.54, 1.807) is 60.7 Å². The number of hydrogen-bond acceptors (Lipinski definition) is 7. The molecule has 0 atom stereocenters. The third-order valence-corrected chi connectivity index (χ3v) is 8.28. The van der Waals surface area contributed by atoms with E-state index >= 15 is 0 Å². The monoisotopic (exact) mass is 538 g/mol. The van der Waals surface area contributed by atoms with Gasteiger partial charge in [0.1, 0.15) is 12.3 Å². The molecule has 0 fully saturated rings. The average molecular weight is 539 g/mol. The molecule has 0 bridgehead atoms. The molecule has 192 valence electrons. The maximum absolute atomic E-state index is 13.8. The molecule has 37 heavy (non-hydrogen) atoms. The SMILES string of the molecule is CCOc1ccc(N(CC(=O)n2cc(C(=O)OC)c3ccccc32)S(=O)(=O)c2ccc(SC)cc2)cc1. The molecule has 0 saturated carbocycles. The summed E-state index contributed by atoms with van der Waals surface area (Å²) >= 11 is 1.50. The van der Waals surface area contributed by atoms with Gasteiger partial charge in [-0.15, -0.1) is 11.8 Å². The normalized spacial score (nSPS) is 11.3. The molecule has 0 aliphatic carbocycles. The minimum Gasteiger partial charge on any atom is -0.494 e. The Balaban J connectivity index is 1.78. The number of esters is 1. The highest BCUT2D eigenvalue weighted by atomic mass is 32.2. The zero-order valence-electron chi connectivity index (χ0n) is 20.6. The van der Waals surface area contributed by atoms with E-state index in [9.17, 15) is 18.0 Å². The van der Waals surface area contributed by atoms with Crippen LogP contribution in [0, 0.1) is 0 Å². The number of para-hydroxylation sites is 1. The molecule has 1 aromatic heterocycles. The third-order valence-electron chi connectivity index (χ3n) is 5.75. The summed E-state index contributed by atoms with van der Waals surface area (Å²) in [6.07, 6.45) is 3.29. The highest BCUT2D eigenvalue weighted by Gasteiger charge is 2.29. The smallest absolute Gasteiger partial charge is 0.340 e. The van der Waals surface area contributed by atoms with Crippen molar-refractivity contribution in [2.24, 2.45) is 0 Å². The lowest BCUT2D eigenvalue weighted by molar-refractivity contribution is 0.0603. The molecule has 0 spiro atoms. The Hall–Kier alpha value is -3.76. The molecule has 10 heteroatoms. The summed E-state index contributed by atoms with van der Waals surface area (Å²) in [5, 5.41) is 0.533. The summed E-state index contributed by atoms with van der Waals surface area (Å²) in [5.41, 5.74) is 0.992. The summed E-state index contributed by atoms with van der Waals surface area (Å²) in [5.74, 6) is -0.546. The summed E-state index contributed by atoms with van der Waals surface area (Å²) in [6, 6.07) is 19.9. The molecule has 0 N–H and O–H groups in total. The summed E-state index contributed by atoms with van der Waals surface area (Å²) in [4.78, 5) is 26.9. The van der Waals surface area contributed by atoms with Crippen LogP contribution in [0.15, 0.2) is 88.8 Å². The van der Waals surface area contributed by atoms with Crippen molar-refractivity contribution in [3.05, 3.63) is 84.6 Å². The number of carbonyl (C=O) groups is 2. The van der Waals surface area contributed by atoms with Gasteiger partial charge in [-0.05, 0) is 67.8 Å². The Kier molecular flexibility index (Phi) is 7.89. The van der Waals surface area contributed by atoms with Crippen LogP contribution in [0.4, 0.5) is 5.69 Å². The number of fused-ring (bicyclic) bond motifs is 1.